The van der Waals surface area contributed by atoms with Crippen molar-refractivity contribution < 1.29 is 4.70 Å². The van der Waals surface area contributed by atoms with Crippen LogP contribution in [0.4, 0.5) is 4.70 Å². The van der Waals surface area contributed by atoms with Gasteiger partial charge in [-0.1, -0.05) is 33.1 Å². The van der Waals surface area contributed by atoms with E-state index in [-0.39, 0.29) is 4.70 Å². The quantitative estimate of drug-likeness (QED) is 0.601. The molecule has 0 N–H and O–H groups in total. The van der Waals surface area contributed by atoms with Crippen LogP contribution in [0.5, 0.6) is 0 Å². The first-order valence-corrected chi connectivity index (χ1v) is 5.59. The van der Waals surface area contributed by atoms with Crippen LogP contribution in [0, 0.1) is 5.92 Å². The molecule has 1 rings (SSSR count). The van der Waals surface area contributed by atoms with E-state index < -0.39 is 0 Å². The van der Waals surface area contributed by atoms with Crippen molar-refractivity contribution in [3.05, 3.63) is 0 Å². The normalized spacial score (nSPS) is 23.1. The summed E-state index contributed by atoms with van der Waals surface area (Å²) in [6.07, 6.45) is 7.00. The van der Waals surface area contributed by atoms with Crippen LogP contribution in [0.15, 0.2) is 0 Å². The summed E-state index contributed by atoms with van der Waals surface area (Å²) in [5.41, 5.74) is 0. The Bertz CT molecular complexity index is 117. The highest BCUT2D eigenvalue weighted by Crippen LogP contribution is 2.19. The first-order valence-electron chi connectivity index (χ1n) is 5.59. The fourth-order valence-electron chi connectivity index (χ4n) is 2.03. The fraction of sp³-hybridized carbons (Fsp3) is 1.00. The van der Waals surface area contributed by atoms with Crippen LogP contribution in [-0.2, 0) is 0 Å². The second kappa shape index (κ2) is 7.31. The number of likely N-dealkylation sites (tertiary alicyclic amines) is 1. The monoisotopic (exact) mass is 189 g/mol. The molecule has 1 aliphatic heterocycles. The van der Waals surface area contributed by atoms with Crippen LogP contribution in [0.3, 0.4) is 0 Å². The largest absolute Gasteiger partial charge is 0.303 e. The summed E-state index contributed by atoms with van der Waals surface area (Å²) in [7, 11) is 0. The smallest absolute Gasteiger partial charge is 0.00100 e. The van der Waals surface area contributed by atoms with Gasteiger partial charge in [-0.05, 0) is 31.8 Å². The molecule has 0 aromatic rings. The minimum Gasteiger partial charge on any atom is -0.303 e. The summed E-state index contributed by atoms with van der Waals surface area (Å²) in [5.74, 6) is 1.01. The molecule has 0 radical (unpaired) electrons. The van der Waals surface area contributed by atoms with Gasteiger partial charge in [-0.2, -0.15) is 0 Å². The molecule has 80 valence electrons. The molecule has 1 heterocycles. The highest BCUT2D eigenvalue weighted by Gasteiger charge is 2.19. The lowest BCUT2D eigenvalue weighted by molar-refractivity contribution is 0.314. The third-order valence-corrected chi connectivity index (χ3v) is 3.03. The number of unbranched alkanes of at least 4 members (excludes halogenated alkanes) is 2. The van der Waals surface area contributed by atoms with Crippen molar-refractivity contribution >= 4 is 0 Å². The lowest BCUT2D eigenvalue weighted by atomic mass is 10.1. The Hall–Kier alpha value is -0.110. The van der Waals surface area contributed by atoms with Crippen LogP contribution in [0.1, 0.15) is 46.0 Å². The third kappa shape index (κ3) is 4.61. The van der Waals surface area contributed by atoms with Crippen LogP contribution >= 0.6 is 0 Å². The van der Waals surface area contributed by atoms with Gasteiger partial charge in [-0.15, -0.1) is 0 Å². The van der Waals surface area contributed by atoms with Gasteiger partial charge in [0, 0.05) is 6.54 Å². The van der Waals surface area contributed by atoms with Crippen LogP contribution in [0.2, 0.25) is 0 Å². The summed E-state index contributed by atoms with van der Waals surface area (Å²) in [4.78, 5) is 2.64. The number of halogens is 1. The Kier molecular flexibility index (Phi) is 7.25. The summed E-state index contributed by atoms with van der Waals surface area (Å²) in [6.45, 7) is 8.69. The van der Waals surface area contributed by atoms with Gasteiger partial charge in [0.2, 0.25) is 0 Å². The van der Waals surface area contributed by atoms with Gasteiger partial charge in [-0.3, -0.25) is 4.70 Å². The van der Waals surface area contributed by atoms with E-state index in [0.717, 1.165) is 5.92 Å². The van der Waals surface area contributed by atoms with Gasteiger partial charge >= 0.3 is 0 Å². The van der Waals surface area contributed by atoms with Crippen molar-refractivity contribution in [2.45, 2.75) is 46.0 Å². The van der Waals surface area contributed by atoms with E-state index in [0.29, 0.717) is 0 Å². The zero-order valence-electron chi connectivity index (χ0n) is 9.09. The zero-order valence-corrected chi connectivity index (χ0v) is 9.09. The SMILES string of the molecule is CCCCCN1CCC(CC)C1.F. The number of nitrogens with zero attached hydrogens (tertiary/aromatic N) is 1. The maximum Gasteiger partial charge on any atom is 0.00100 e. The molecule has 1 nitrogen and oxygen atoms in total. The molecule has 0 saturated carbocycles. The number of rotatable bonds is 5. The number of hydrogen-bond acceptors (Lipinski definition) is 1. The van der Waals surface area contributed by atoms with Crippen molar-refractivity contribution in [1.29, 1.82) is 0 Å². The fourth-order valence-corrected chi connectivity index (χ4v) is 2.03. The second-order valence-corrected chi connectivity index (χ2v) is 4.07. The van der Waals surface area contributed by atoms with Gasteiger partial charge in [0.1, 0.15) is 0 Å². The van der Waals surface area contributed by atoms with Crippen LogP contribution in [0.25, 0.3) is 0 Å². The summed E-state index contributed by atoms with van der Waals surface area (Å²) >= 11 is 0. The van der Waals surface area contributed by atoms with Crippen molar-refractivity contribution in [3.63, 3.8) is 0 Å². The molecule has 0 bridgehead atoms. The topological polar surface area (TPSA) is 3.24 Å². The summed E-state index contributed by atoms with van der Waals surface area (Å²) in [6, 6.07) is 0. The van der Waals surface area contributed by atoms with E-state index in [2.05, 4.69) is 18.7 Å². The van der Waals surface area contributed by atoms with Crippen molar-refractivity contribution in [1.82, 2.24) is 4.90 Å². The predicted molar refractivity (Wildman–Crippen MR) is 56.9 cm³/mol. The maximum atomic E-state index is 2.64. The average molecular weight is 189 g/mol. The Morgan fingerprint density at radius 2 is 2.00 bits per heavy atom. The molecular weight excluding hydrogens is 165 g/mol. The van der Waals surface area contributed by atoms with Gasteiger partial charge in [0.15, 0.2) is 0 Å². The van der Waals surface area contributed by atoms with E-state index in [1.807, 2.05) is 0 Å². The summed E-state index contributed by atoms with van der Waals surface area (Å²) < 4.78 is 0. The molecule has 1 aliphatic rings. The molecule has 1 saturated heterocycles. The van der Waals surface area contributed by atoms with Gasteiger partial charge in [0.25, 0.3) is 0 Å². The molecular formula is C11H24FN. The first kappa shape index (κ1) is 12.9. The molecule has 0 aromatic carbocycles. The maximum absolute atomic E-state index is 2.64. The van der Waals surface area contributed by atoms with E-state index >= 15 is 0 Å². The van der Waals surface area contributed by atoms with Gasteiger partial charge in [0.05, 0.1) is 0 Å². The zero-order chi connectivity index (χ0) is 8.81. The predicted octanol–water partition coefficient (Wildman–Crippen LogP) is 3.06. The third-order valence-electron chi connectivity index (χ3n) is 3.03. The van der Waals surface area contributed by atoms with E-state index in [1.54, 1.807) is 0 Å². The molecule has 1 atom stereocenters. The van der Waals surface area contributed by atoms with E-state index in [9.17, 15) is 0 Å². The Labute approximate surface area is 81.9 Å². The van der Waals surface area contributed by atoms with Gasteiger partial charge < -0.3 is 4.90 Å². The average Bonchev–Trinajstić information content (AvgIpc) is 2.53. The molecule has 0 spiro atoms. The lowest BCUT2D eigenvalue weighted by Gasteiger charge is -2.14. The second-order valence-electron chi connectivity index (χ2n) is 4.07. The molecule has 13 heavy (non-hydrogen) atoms. The van der Waals surface area contributed by atoms with E-state index in [1.165, 1.54) is 51.7 Å². The highest BCUT2D eigenvalue weighted by molar-refractivity contribution is 4.73. The lowest BCUT2D eigenvalue weighted by Crippen LogP contribution is -2.21. The Balaban J connectivity index is 0.00000144. The Morgan fingerprint density at radius 1 is 1.23 bits per heavy atom. The molecule has 0 amide bonds. The van der Waals surface area contributed by atoms with Gasteiger partial charge in [-0.25, -0.2) is 0 Å². The Morgan fingerprint density at radius 3 is 2.54 bits per heavy atom. The standard InChI is InChI=1S/C11H23N.FH/c1-3-5-6-8-12-9-7-11(4-2)10-12;/h11H,3-10H2,1-2H3;1H. The van der Waals surface area contributed by atoms with Crippen molar-refractivity contribution in [2.75, 3.05) is 19.6 Å². The van der Waals surface area contributed by atoms with Crippen molar-refractivity contribution in [3.8, 4) is 0 Å². The molecule has 1 unspecified atom stereocenters. The summed E-state index contributed by atoms with van der Waals surface area (Å²) in [5, 5.41) is 0. The first-order chi connectivity index (χ1) is 5.86. The molecule has 1 fully saturated rings. The van der Waals surface area contributed by atoms with Crippen molar-refractivity contribution in [2.24, 2.45) is 5.92 Å². The van der Waals surface area contributed by atoms with Crippen LogP contribution in [-0.4, -0.2) is 24.5 Å². The van der Waals surface area contributed by atoms with E-state index in [4.69, 9.17) is 0 Å². The highest BCUT2D eigenvalue weighted by atomic mass is 19.0. The van der Waals surface area contributed by atoms with Crippen LogP contribution < -0.4 is 0 Å². The number of hydrogen-bond donors (Lipinski definition) is 0. The minimum absolute atomic E-state index is 0. The molecule has 0 aliphatic carbocycles. The molecule has 2 heteroatoms. The molecule has 0 aromatic heterocycles. The minimum atomic E-state index is 0.